The number of carboxylic acid groups (broad SMARTS) is 4. The van der Waals surface area contributed by atoms with Crippen LogP contribution in [-0.4, -0.2) is 253 Å². The average Bonchev–Trinajstić information content (AvgIpc) is 3.71. The number of aliphatic carboxylic acids is 4. The Morgan fingerprint density at radius 3 is 1.68 bits per heavy atom. The minimum atomic E-state index is -1.20. The minimum absolute atomic E-state index is 0. The molecule has 24 nitrogen and oxygen atoms in total. The molecule has 80 heavy (non-hydrogen) atoms. The summed E-state index contributed by atoms with van der Waals surface area (Å²) in [5.74, 6) is -9.68. The number of imide groups is 1. The van der Waals surface area contributed by atoms with Gasteiger partial charge in [-0.25, -0.2) is 4.39 Å². The summed E-state index contributed by atoms with van der Waals surface area (Å²) in [7, 11) is 0. The number of amides is 3. The Labute approximate surface area is 501 Å². The van der Waals surface area contributed by atoms with Gasteiger partial charge in [-0.1, -0.05) is 18.6 Å². The Balaban J connectivity index is 0.0000219. The van der Waals surface area contributed by atoms with Crippen molar-refractivity contribution in [2.75, 3.05) is 143 Å². The van der Waals surface area contributed by atoms with Gasteiger partial charge in [-0.2, -0.15) is 11.8 Å². The first-order chi connectivity index (χ1) is 37.8. The van der Waals surface area contributed by atoms with Crippen molar-refractivity contribution in [2.45, 2.75) is 64.2 Å². The van der Waals surface area contributed by atoms with Gasteiger partial charge in [0.2, 0.25) is 5.91 Å². The Morgan fingerprint density at radius 1 is 0.625 bits per heavy atom. The first-order valence-corrected chi connectivity index (χ1v) is 27.8. The second-order valence-electron chi connectivity index (χ2n) is 19.3. The number of carbonyl (C=O) groups is 11. The van der Waals surface area contributed by atoms with Gasteiger partial charge in [-0.05, 0) is 55.7 Å². The number of unbranched alkanes of at least 4 members (excludes halogenated alkanes) is 1. The number of hydrogen-bond acceptors (Lipinski definition) is 19. The minimum Gasteiger partial charge on any atom is -0.481 e. The van der Waals surface area contributed by atoms with Gasteiger partial charge in [0.05, 0.1) is 70.6 Å². The molecule has 1 saturated heterocycles. The zero-order chi connectivity index (χ0) is 58.1. The number of nitrogens with one attached hydrogen (secondary N) is 1. The molecule has 1 aromatic carbocycles. The third-order valence-electron chi connectivity index (χ3n) is 13.1. The summed E-state index contributed by atoms with van der Waals surface area (Å²) >= 11 is 1.43. The van der Waals surface area contributed by atoms with Crippen molar-refractivity contribution in [1.29, 1.82) is 0 Å². The number of Topliss-reactive ketones (excluding diaryl/α,β-unsaturated/α-hetero) is 4. The Hall–Kier alpha value is -4.55. The summed E-state index contributed by atoms with van der Waals surface area (Å²) in [6.45, 7) is 2.03. The van der Waals surface area contributed by atoms with Gasteiger partial charge >= 0.3 is 23.9 Å². The molecule has 1 fully saturated rings. The summed E-state index contributed by atoms with van der Waals surface area (Å²) in [5, 5.41) is 40.4. The number of carboxylic acids is 4. The molecule has 1 aromatic rings. The largest absolute Gasteiger partial charge is 0.481 e. The fourth-order valence-corrected chi connectivity index (χ4v) is 9.19. The van der Waals surface area contributed by atoms with Gasteiger partial charge in [0.25, 0.3) is 11.8 Å². The van der Waals surface area contributed by atoms with Gasteiger partial charge in [0.15, 0.2) is 17.3 Å². The molecule has 448 valence electrons. The number of ketones is 4. The second-order valence-corrected chi connectivity index (χ2v) is 20.3. The first-order valence-electron chi connectivity index (χ1n) is 26.4. The maximum absolute atomic E-state index is 15.7. The molecule has 0 bridgehead atoms. The maximum Gasteiger partial charge on any atom is 0.317 e. The molecule has 0 radical (unpaired) electrons. The molecule has 2 atom stereocenters. The number of aryl methyl sites for hydroxylation is 1. The van der Waals surface area contributed by atoms with E-state index in [9.17, 15) is 73.2 Å². The molecule has 2 heterocycles. The second kappa shape index (κ2) is 40.6. The number of thioether (sulfide) groups is 1. The van der Waals surface area contributed by atoms with Crippen LogP contribution in [0.25, 0.3) is 0 Å². The monoisotopic (exact) mass is 1290 g/mol. The summed E-state index contributed by atoms with van der Waals surface area (Å²) in [5.41, 5.74) is -0.121. The Bertz CT molecular complexity index is 2210. The van der Waals surface area contributed by atoms with E-state index < -0.39 is 77.4 Å². The molecular weight excluding hydrogens is 1220 g/mol. The van der Waals surface area contributed by atoms with Crippen LogP contribution < -0.4 is 5.32 Å². The average molecular weight is 1290 g/mol. The van der Waals surface area contributed by atoms with Gasteiger partial charge in [-0.15, -0.1) is 0 Å². The van der Waals surface area contributed by atoms with E-state index in [0.29, 0.717) is 51.2 Å². The fourth-order valence-electron chi connectivity index (χ4n) is 8.67. The molecule has 0 unspecified atom stereocenters. The fraction of sp³-hybridized carbons (Fsp3) is 0.642. The molecule has 0 aromatic heterocycles. The van der Waals surface area contributed by atoms with Gasteiger partial charge in [0, 0.05) is 149 Å². The van der Waals surface area contributed by atoms with Crippen molar-refractivity contribution in [3.05, 3.63) is 47.3 Å². The molecule has 5 N–H and O–H groups in total. The third-order valence-corrected chi connectivity index (χ3v) is 13.7. The van der Waals surface area contributed by atoms with Crippen molar-refractivity contribution >= 4 is 76.5 Å². The van der Waals surface area contributed by atoms with Crippen LogP contribution in [0.1, 0.15) is 73.7 Å². The summed E-state index contributed by atoms with van der Waals surface area (Å²) in [4.78, 5) is 143. The molecule has 0 saturated carbocycles. The van der Waals surface area contributed by atoms with Crippen LogP contribution in [-0.2, 0) is 68.6 Å². The van der Waals surface area contributed by atoms with E-state index in [1.165, 1.54) is 30.0 Å². The Morgan fingerprint density at radius 2 is 1.15 bits per heavy atom. The van der Waals surface area contributed by atoms with Crippen LogP contribution in [0, 0.1) is 57.6 Å². The van der Waals surface area contributed by atoms with Crippen LogP contribution >= 0.6 is 11.8 Å². The molecule has 3 amide bonds. The number of carbonyl (C=O) groups excluding carboxylic acids is 7. The zero-order valence-corrected chi connectivity index (χ0v) is 48.4. The molecule has 27 heteroatoms. The standard InChI is InChI=1S/C53H77FN6O18S.Gd/c1-79-29-14-39(52(73)55-32-43(63)30-40(53(74)75)6-2-3-15-60-46(65)12-13-47(60)66)31-45(64)44-9-4-7-38(51(44)54)10-11-42(62)37-78-28-27-77-26-25-76-24-5-8-41(61)33-56-16-18-57(34-48(67)68)20-22-59(36-50(71)72)23-21-58(19-17-56)35-49(69)70;/h4,7,9,12-13,39-40H,2-3,5-6,8,10-11,14-37H2,1H3,(H,55,73)(H,67,68)(H,69,70)(H,71,72)(H,74,75);/t39-,40-;/m1./s1. The predicted octanol–water partition coefficient (Wildman–Crippen LogP) is 1.02. The number of halogens is 1. The number of rotatable bonds is 40. The van der Waals surface area contributed by atoms with E-state index in [-0.39, 0.29) is 206 Å². The molecule has 0 spiro atoms. The van der Waals surface area contributed by atoms with Crippen LogP contribution in [0.2, 0.25) is 0 Å². The molecular formula is C53H77FGdN6O18S. The van der Waals surface area contributed by atoms with E-state index >= 15 is 4.39 Å². The van der Waals surface area contributed by atoms with Crippen molar-refractivity contribution in [3.63, 3.8) is 0 Å². The van der Waals surface area contributed by atoms with Crippen LogP contribution in [0.4, 0.5) is 4.39 Å². The van der Waals surface area contributed by atoms with Gasteiger partial charge in [-0.3, -0.25) is 77.2 Å². The Kier molecular flexibility index (Phi) is 36.3. The number of hydrogen-bond donors (Lipinski definition) is 5. The molecule has 2 aliphatic rings. The summed E-state index contributed by atoms with van der Waals surface area (Å²) in [6, 6.07) is 4.24. The number of nitrogens with zero attached hydrogens (tertiary/aromatic N) is 5. The van der Waals surface area contributed by atoms with E-state index in [0.717, 1.165) is 17.1 Å². The van der Waals surface area contributed by atoms with E-state index in [1.807, 2.05) is 11.2 Å². The van der Waals surface area contributed by atoms with Crippen molar-refractivity contribution in [3.8, 4) is 0 Å². The van der Waals surface area contributed by atoms with E-state index in [2.05, 4.69) is 5.32 Å². The number of benzene rings is 1. The SMILES string of the molecule is CSCC[C@H](CC(=O)c1cccc(CCC(=O)COCCOCCOCCCC(=O)CN2CCN(CC(=O)O)CCN(CC(=O)O)CCN(CC(=O)O)CC2)c1F)C(=O)NCC(=O)C[C@@H](CCCCN1C(=O)C=CC1=O)C(=O)O.[Gd]. The molecule has 0 aliphatic carbocycles. The van der Waals surface area contributed by atoms with E-state index in [4.69, 9.17) is 14.2 Å². The first kappa shape index (κ1) is 71.6. The summed E-state index contributed by atoms with van der Waals surface area (Å²) in [6.07, 6.45) is 4.98. The summed E-state index contributed by atoms with van der Waals surface area (Å²) < 4.78 is 32.2. The van der Waals surface area contributed by atoms with Crippen LogP contribution in [0.3, 0.4) is 0 Å². The predicted molar refractivity (Wildman–Crippen MR) is 284 cm³/mol. The normalized spacial score (nSPS) is 15.8. The van der Waals surface area contributed by atoms with Crippen molar-refractivity contribution in [1.82, 2.24) is 29.8 Å². The van der Waals surface area contributed by atoms with Crippen molar-refractivity contribution in [2.24, 2.45) is 11.8 Å². The smallest absolute Gasteiger partial charge is 0.317 e. The third kappa shape index (κ3) is 30.0. The van der Waals surface area contributed by atoms with Gasteiger partial charge < -0.3 is 40.0 Å². The zero-order valence-electron chi connectivity index (χ0n) is 45.3. The van der Waals surface area contributed by atoms with Crippen molar-refractivity contribution < 1.29 is 132 Å². The van der Waals surface area contributed by atoms with Crippen LogP contribution in [0.15, 0.2) is 30.4 Å². The van der Waals surface area contributed by atoms with Crippen LogP contribution in [0.5, 0.6) is 0 Å². The topological polar surface area (TPSA) is 325 Å². The molecule has 2 aliphatic heterocycles. The quantitative estimate of drug-likeness (QED) is 0.0348. The molecule has 3 rings (SSSR count). The maximum atomic E-state index is 15.7. The van der Waals surface area contributed by atoms with E-state index in [1.54, 1.807) is 14.7 Å². The van der Waals surface area contributed by atoms with Gasteiger partial charge in [0.1, 0.15) is 18.2 Å². The number of ether oxygens (including phenoxy) is 3.